The number of hydrogen-bond donors (Lipinski definition) is 1. The van der Waals surface area contributed by atoms with Gasteiger partial charge in [0, 0.05) is 17.7 Å². The molecule has 0 spiro atoms. The van der Waals surface area contributed by atoms with E-state index < -0.39 is 0 Å². The van der Waals surface area contributed by atoms with E-state index >= 15 is 0 Å². The number of carbonyl (C=O) groups is 2. The number of esters is 1. The van der Waals surface area contributed by atoms with E-state index in [0.29, 0.717) is 25.1 Å². The summed E-state index contributed by atoms with van der Waals surface area (Å²) in [6.07, 6.45) is 2.94. The van der Waals surface area contributed by atoms with Crippen LogP contribution in [0.3, 0.4) is 0 Å². The molecule has 34 heavy (non-hydrogen) atoms. The summed E-state index contributed by atoms with van der Waals surface area (Å²) in [4.78, 5) is 24.3. The van der Waals surface area contributed by atoms with E-state index in [4.69, 9.17) is 4.74 Å². The van der Waals surface area contributed by atoms with Crippen molar-refractivity contribution >= 4 is 17.6 Å². The smallest absolute Gasteiger partial charge is 0.310 e. The minimum absolute atomic E-state index is 0.0791. The van der Waals surface area contributed by atoms with Crippen LogP contribution in [0, 0.1) is 0 Å². The molecule has 0 saturated heterocycles. The van der Waals surface area contributed by atoms with Gasteiger partial charge in [0.2, 0.25) is 5.91 Å². The first-order valence-electron chi connectivity index (χ1n) is 11.4. The van der Waals surface area contributed by atoms with Crippen LogP contribution in [-0.2, 0) is 27.2 Å². The predicted octanol–water partition coefficient (Wildman–Crippen LogP) is 5.22. The van der Waals surface area contributed by atoms with Crippen molar-refractivity contribution in [3.05, 3.63) is 102 Å². The molecule has 0 bridgehead atoms. The van der Waals surface area contributed by atoms with E-state index in [2.05, 4.69) is 22.5 Å². The molecule has 0 aliphatic carbocycles. The number of hydrogen-bond acceptors (Lipinski definition) is 4. The number of aromatic nitrogens is 2. The molecule has 1 heterocycles. The van der Waals surface area contributed by atoms with Crippen molar-refractivity contribution in [3.63, 3.8) is 0 Å². The fourth-order valence-electron chi connectivity index (χ4n) is 3.79. The normalized spacial score (nSPS) is 10.6. The topological polar surface area (TPSA) is 73.2 Å². The van der Waals surface area contributed by atoms with Gasteiger partial charge in [0.25, 0.3) is 0 Å². The molecule has 3 aromatic carbocycles. The lowest BCUT2D eigenvalue weighted by Gasteiger charge is -2.11. The number of rotatable bonds is 9. The van der Waals surface area contributed by atoms with Gasteiger partial charge in [0.05, 0.1) is 30.6 Å². The van der Waals surface area contributed by atoms with Gasteiger partial charge < -0.3 is 10.1 Å². The average molecular weight is 454 g/mol. The largest absolute Gasteiger partial charge is 0.466 e. The molecule has 0 unspecified atom stereocenters. The molecule has 172 valence electrons. The summed E-state index contributed by atoms with van der Waals surface area (Å²) >= 11 is 0. The van der Waals surface area contributed by atoms with Crippen molar-refractivity contribution in [1.82, 2.24) is 9.78 Å². The Hall–Kier alpha value is -4.19. The van der Waals surface area contributed by atoms with Crippen LogP contribution in [0.1, 0.15) is 24.5 Å². The average Bonchev–Trinajstić information content (AvgIpc) is 3.29. The lowest BCUT2D eigenvalue weighted by Crippen LogP contribution is -2.13. The van der Waals surface area contributed by atoms with Gasteiger partial charge in [-0.05, 0) is 48.7 Å². The fraction of sp³-hybridized carbons (Fsp3) is 0.179. The van der Waals surface area contributed by atoms with E-state index in [-0.39, 0.29) is 18.3 Å². The highest BCUT2D eigenvalue weighted by molar-refractivity contribution is 5.91. The first-order chi connectivity index (χ1) is 16.6. The minimum Gasteiger partial charge on any atom is -0.466 e. The summed E-state index contributed by atoms with van der Waals surface area (Å²) < 4.78 is 6.89. The van der Waals surface area contributed by atoms with Crippen molar-refractivity contribution in [2.75, 3.05) is 11.9 Å². The molecule has 0 atom stereocenters. The second kappa shape index (κ2) is 11.1. The Morgan fingerprint density at radius 2 is 1.59 bits per heavy atom. The monoisotopic (exact) mass is 453 g/mol. The third-order valence-electron chi connectivity index (χ3n) is 5.41. The lowest BCUT2D eigenvalue weighted by atomic mass is 10.0. The quantitative estimate of drug-likeness (QED) is 0.353. The van der Waals surface area contributed by atoms with Gasteiger partial charge >= 0.3 is 5.97 Å². The van der Waals surface area contributed by atoms with Gasteiger partial charge in [-0.3, -0.25) is 9.59 Å². The van der Waals surface area contributed by atoms with Crippen LogP contribution in [0.4, 0.5) is 5.69 Å². The fourth-order valence-corrected chi connectivity index (χ4v) is 3.79. The first-order valence-corrected chi connectivity index (χ1v) is 11.4. The number of nitrogens with one attached hydrogen (secondary N) is 1. The number of nitrogens with zero attached hydrogens (tertiary/aromatic N) is 2. The van der Waals surface area contributed by atoms with E-state index in [1.54, 1.807) is 19.1 Å². The Morgan fingerprint density at radius 3 is 2.26 bits per heavy atom. The molecular formula is C28H27N3O3. The third-order valence-corrected chi connectivity index (χ3v) is 5.41. The molecule has 0 aliphatic rings. The highest BCUT2D eigenvalue weighted by atomic mass is 16.5. The van der Waals surface area contributed by atoms with Crippen LogP contribution in [0.5, 0.6) is 0 Å². The van der Waals surface area contributed by atoms with Crippen LogP contribution in [0.2, 0.25) is 0 Å². The molecule has 4 rings (SSSR count). The summed E-state index contributed by atoms with van der Waals surface area (Å²) in [6, 6.07) is 27.3. The van der Waals surface area contributed by atoms with Gasteiger partial charge in [-0.25, -0.2) is 4.68 Å². The second-order valence-corrected chi connectivity index (χ2v) is 7.86. The maximum atomic E-state index is 12.6. The number of anilines is 1. The molecule has 0 radical (unpaired) electrons. The number of aryl methyl sites for hydroxylation is 1. The Balaban J connectivity index is 1.44. The minimum atomic E-state index is -0.260. The summed E-state index contributed by atoms with van der Waals surface area (Å²) in [7, 11) is 0. The molecule has 0 saturated carbocycles. The molecule has 1 amide bonds. The molecule has 4 aromatic rings. The molecule has 6 nitrogen and oxygen atoms in total. The summed E-state index contributed by atoms with van der Waals surface area (Å²) in [5.74, 6) is -0.339. The summed E-state index contributed by atoms with van der Waals surface area (Å²) in [5.41, 5.74) is 5.56. The molecule has 6 heteroatoms. The Morgan fingerprint density at radius 1 is 0.912 bits per heavy atom. The van der Waals surface area contributed by atoms with Gasteiger partial charge in [0.1, 0.15) is 0 Å². The van der Waals surface area contributed by atoms with Gasteiger partial charge in [-0.2, -0.15) is 5.10 Å². The molecule has 0 aliphatic heterocycles. The lowest BCUT2D eigenvalue weighted by molar-refractivity contribution is -0.142. The standard InChI is InChI=1S/C28H27N3O3/c1-2-34-27(33)19-21-13-16-24(17-14-21)30-26(32)18-15-23-20-29-31(25-11-7-4-8-12-25)28(23)22-9-5-3-6-10-22/h3-14,16-17,20H,2,15,18-19H2,1H3,(H,30,32). The number of para-hydroxylation sites is 1. The van der Waals surface area contributed by atoms with Crippen molar-refractivity contribution < 1.29 is 14.3 Å². The number of benzene rings is 3. The van der Waals surface area contributed by atoms with E-state index in [0.717, 1.165) is 28.1 Å². The number of carbonyl (C=O) groups excluding carboxylic acids is 2. The maximum Gasteiger partial charge on any atom is 0.310 e. The Bertz CT molecular complexity index is 1230. The molecule has 1 aromatic heterocycles. The summed E-state index contributed by atoms with van der Waals surface area (Å²) in [6.45, 7) is 2.15. The van der Waals surface area contributed by atoms with E-state index in [1.165, 1.54) is 0 Å². The zero-order valence-corrected chi connectivity index (χ0v) is 19.1. The van der Waals surface area contributed by atoms with Crippen LogP contribution in [0.25, 0.3) is 16.9 Å². The van der Waals surface area contributed by atoms with Crippen LogP contribution >= 0.6 is 0 Å². The van der Waals surface area contributed by atoms with Gasteiger partial charge in [0.15, 0.2) is 0 Å². The van der Waals surface area contributed by atoms with E-state index in [1.807, 2.05) is 71.5 Å². The summed E-state index contributed by atoms with van der Waals surface area (Å²) in [5, 5.41) is 7.55. The first kappa shape index (κ1) is 23.0. The Labute approximate surface area is 199 Å². The van der Waals surface area contributed by atoms with Gasteiger partial charge in [-0.15, -0.1) is 0 Å². The number of ether oxygens (including phenoxy) is 1. The van der Waals surface area contributed by atoms with Crippen molar-refractivity contribution in [1.29, 1.82) is 0 Å². The van der Waals surface area contributed by atoms with Crippen molar-refractivity contribution in [3.8, 4) is 16.9 Å². The van der Waals surface area contributed by atoms with Crippen LogP contribution in [0.15, 0.2) is 91.1 Å². The number of amides is 1. The molecular weight excluding hydrogens is 426 g/mol. The predicted molar refractivity (Wildman–Crippen MR) is 133 cm³/mol. The van der Waals surface area contributed by atoms with E-state index in [9.17, 15) is 9.59 Å². The van der Waals surface area contributed by atoms with Crippen molar-refractivity contribution in [2.45, 2.75) is 26.2 Å². The third kappa shape index (κ3) is 5.78. The highest BCUT2D eigenvalue weighted by Gasteiger charge is 2.15. The molecule has 0 fully saturated rings. The van der Waals surface area contributed by atoms with Gasteiger partial charge in [-0.1, -0.05) is 60.7 Å². The molecule has 1 N–H and O–H groups in total. The zero-order valence-electron chi connectivity index (χ0n) is 19.1. The zero-order chi connectivity index (χ0) is 23.8. The maximum absolute atomic E-state index is 12.6. The van der Waals surface area contributed by atoms with Crippen molar-refractivity contribution in [2.24, 2.45) is 0 Å². The second-order valence-electron chi connectivity index (χ2n) is 7.86. The van der Waals surface area contributed by atoms with Crippen LogP contribution < -0.4 is 5.32 Å². The van der Waals surface area contributed by atoms with Crippen LogP contribution in [-0.4, -0.2) is 28.3 Å². The Kier molecular flexibility index (Phi) is 7.50. The highest BCUT2D eigenvalue weighted by Crippen LogP contribution is 2.27. The SMILES string of the molecule is CCOC(=O)Cc1ccc(NC(=O)CCc2cnn(-c3ccccc3)c2-c2ccccc2)cc1.